The predicted molar refractivity (Wildman–Crippen MR) is 99.2 cm³/mol. The van der Waals surface area contributed by atoms with Crippen molar-refractivity contribution in [1.82, 2.24) is 0 Å². The Bertz CT molecular complexity index is 869. The Labute approximate surface area is 150 Å². The zero-order valence-electron chi connectivity index (χ0n) is 13.7. The minimum atomic E-state index is -0.579. The van der Waals surface area contributed by atoms with Crippen LogP contribution in [0.1, 0.15) is 27.0 Å². The lowest BCUT2D eigenvalue weighted by atomic mass is 10.0. The van der Waals surface area contributed by atoms with Gasteiger partial charge in [-0.15, -0.1) is 11.3 Å². The van der Waals surface area contributed by atoms with Gasteiger partial charge in [0.05, 0.1) is 5.56 Å². The number of hydrogen-bond donors (Lipinski definition) is 1. The average Bonchev–Trinajstić information content (AvgIpc) is 3.09. The monoisotopic (exact) mass is 351 g/mol. The molecule has 126 valence electrons. The van der Waals surface area contributed by atoms with Gasteiger partial charge in [0, 0.05) is 5.56 Å². The van der Waals surface area contributed by atoms with E-state index in [0.29, 0.717) is 16.1 Å². The number of benzene rings is 2. The number of amides is 1. The third-order valence-corrected chi connectivity index (χ3v) is 4.48. The highest BCUT2D eigenvalue weighted by Gasteiger charge is 2.17. The summed E-state index contributed by atoms with van der Waals surface area (Å²) in [4.78, 5) is 24.6. The second kappa shape index (κ2) is 7.77. The van der Waals surface area contributed by atoms with Crippen LogP contribution in [-0.2, 0) is 11.3 Å². The molecule has 2 aromatic carbocycles. The van der Waals surface area contributed by atoms with Crippen LogP contribution in [0, 0.1) is 6.92 Å². The highest BCUT2D eigenvalue weighted by molar-refractivity contribution is 7.14. The van der Waals surface area contributed by atoms with Crippen molar-refractivity contribution in [2.24, 2.45) is 0 Å². The van der Waals surface area contributed by atoms with Gasteiger partial charge in [-0.2, -0.15) is 0 Å². The molecule has 4 nitrogen and oxygen atoms in total. The summed E-state index contributed by atoms with van der Waals surface area (Å²) in [6.45, 7) is 2.15. The number of anilines is 1. The van der Waals surface area contributed by atoms with Gasteiger partial charge in [-0.3, -0.25) is 10.1 Å². The molecule has 0 radical (unpaired) electrons. The fraction of sp³-hybridized carbons (Fsp3) is 0.100. The zero-order valence-corrected chi connectivity index (χ0v) is 14.5. The number of ether oxygens (including phenoxy) is 1. The molecule has 0 fully saturated rings. The minimum absolute atomic E-state index is 0.125. The van der Waals surface area contributed by atoms with Gasteiger partial charge in [0.15, 0.2) is 5.78 Å². The molecule has 1 heterocycles. The molecule has 0 atom stereocenters. The van der Waals surface area contributed by atoms with Crippen LogP contribution in [0.3, 0.4) is 0 Å². The van der Waals surface area contributed by atoms with E-state index in [-0.39, 0.29) is 12.4 Å². The molecular weight excluding hydrogens is 334 g/mol. The summed E-state index contributed by atoms with van der Waals surface area (Å²) < 4.78 is 5.20. The van der Waals surface area contributed by atoms with Gasteiger partial charge in [0.2, 0.25) is 0 Å². The summed E-state index contributed by atoms with van der Waals surface area (Å²) in [5, 5.41) is 4.92. The van der Waals surface area contributed by atoms with E-state index in [1.165, 1.54) is 11.3 Å². The molecule has 0 saturated heterocycles. The van der Waals surface area contributed by atoms with Crippen molar-refractivity contribution < 1.29 is 14.3 Å². The van der Waals surface area contributed by atoms with Crippen molar-refractivity contribution in [3.8, 4) is 0 Å². The van der Waals surface area contributed by atoms with Crippen LogP contribution in [0.15, 0.2) is 66.0 Å². The van der Waals surface area contributed by atoms with Crippen LogP contribution in [0.4, 0.5) is 9.80 Å². The third kappa shape index (κ3) is 4.33. The largest absolute Gasteiger partial charge is 0.444 e. The lowest BCUT2D eigenvalue weighted by Crippen LogP contribution is -2.15. The van der Waals surface area contributed by atoms with Gasteiger partial charge in [-0.05, 0) is 23.9 Å². The standard InChI is InChI=1S/C20H17NO3S/c1-14-7-9-16(10-8-14)18(22)17-11-12-25-19(17)21-20(23)24-13-15-5-3-2-4-6-15/h2-12H,13H2,1H3,(H,21,23). The smallest absolute Gasteiger partial charge is 0.412 e. The van der Waals surface area contributed by atoms with E-state index in [1.807, 2.05) is 49.4 Å². The van der Waals surface area contributed by atoms with Gasteiger partial charge in [-0.1, -0.05) is 60.2 Å². The molecule has 3 rings (SSSR count). The van der Waals surface area contributed by atoms with E-state index < -0.39 is 6.09 Å². The molecule has 0 spiro atoms. The highest BCUT2D eigenvalue weighted by atomic mass is 32.1. The molecule has 5 heteroatoms. The van der Waals surface area contributed by atoms with Gasteiger partial charge in [0.1, 0.15) is 11.6 Å². The molecule has 0 aliphatic carbocycles. The van der Waals surface area contributed by atoms with E-state index in [4.69, 9.17) is 4.74 Å². The molecule has 0 unspecified atom stereocenters. The number of thiophene rings is 1. The third-order valence-electron chi connectivity index (χ3n) is 3.65. The fourth-order valence-electron chi connectivity index (χ4n) is 2.30. The van der Waals surface area contributed by atoms with Crippen molar-refractivity contribution in [1.29, 1.82) is 0 Å². The van der Waals surface area contributed by atoms with Gasteiger partial charge in [-0.25, -0.2) is 4.79 Å². The van der Waals surface area contributed by atoms with Crippen LogP contribution in [0.25, 0.3) is 0 Å². The maximum absolute atomic E-state index is 12.6. The molecule has 1 aromatic heterocycles. The molecule has 1 amide bonds. The summed E-state index contributed by atoms with van der Waals surface area (Å²) >= 11 is 1.29. The maximum Gasteiger partial charge on any atom is 0.412 e. The first-order valence-electron chi connectivity index (χ1n) is 7.80. The Hall–Kier alpha value is -2.92. The van der Waals surface area contributed by atoms with Crippen molar-refractivity contribution in [3.05, 3.63) is 88.3 Å². The average molecular weight is 351 g/mol. The molecule has 25 heavy (non-hydrogen) atoms. The molecule has 0 bridgehead atoms. The maximum atomic E-state index is 12.6. The normalized spacial score (nSPS) is 10.3. The second-order valence-corrected chi connectivity index (χ2v) is 6.46. The van der Waals surface area contributed by atoms with Gasteiger partial charge >= 0.3 is 6.09 Å². The van der Waals surface area contributed by atoms with Gasteiger partial charge in [0.25, 0.3) is 0 Å². The van der Waals surface area contributed by atoms with Crippen LogP contribution < -0.4 is 5.32 Å². The molecule has 0 saturated carbocycles. The van der Waals surface area contributed by atoms with E-state index in [2.05, 4.69) is 5.32 Å². The highest BCUT2D eigenvalue weighted by Crippen LogP contribution is 2.26. The van der Waals surface area contributed by atoms with Gasteiger partial charge < -0.3 is 4.74 Å². The number of nitrogens with one attached hydrogen (secondary N) is 1. The van der Waals surface area contributed by atoms with E-state index in [9.17, 15) is 9.59 Å². The first-order valence-corrected chi connectivity index (χ1v) is 8.68. The van der Waals surface area contributed by atoms with Crippen LogP contribution in [0.2, 0.25) is 0 Å². The summed E-state index contributed by atoms with van der Waals surface area (Å²) in [5.74, 6) is -0.125. The first kappa shape index (κ1) is 16.9. The zero-order chi connectivity index (χ0) is 17.6. The van der Waals surface area contributed by atoms with E-state index in [1.54, 1.807) is 23.6 Å². The summed E-state index contributed by atoms with van der Waals surface area (Å²) in [6, 6.07) is 18.5. The Morgan fingerprint density at radius 3 is 2.44 bits per heavy atom. The predicted octanol–water partition coefficient (Wildman–Crippen LogP) is 5.04. The molecular formula is C20H17NO3S. The van der Waals surface area contributed by atoms with Crippen LogP contribution in [0.5, 0.6) is 0 Å². The molecule has 1 N–H and O–H groups in total. The van der Waals surface area contributed by atoms with Crippen molar-refractivity contribution in [2.45, 2.75) is 13.5 Å². The van der Waals surface area contributed by atoms with E-state index >= 15 is 0 Å². The number of aryl methyl sites for hydroxylation is 1. The SMILES string of the molecule is Cc1ccc(C(=O)c2ccsc2NC(=O)OCc2ccccc2)cc1. The molecule has 0 aliphatic rings. The van der Waals surface area contributed by atoms with Crippen molar-refractivity contribution in [2.75, 3.05) is 5.32 Å². The van der Waals surface area contributed by atoms with Crippen LogP contribution in [-0.4, -0.2) is 11.9 Å². The topological polar surface area (TPSA) is 55.4 Å². The number of carbonyl (C=O) groups is 2. The number of ketones is 1. The lowest BCUT2D eigenvalue weighted by molar-refractivity contribution is 0.104. The Morgan fingerprint density at radius 2 is 1.72 bits per heavy atom. The van der Waals surface area contributed by atoms with E-state index in [0.717, 1.165) is 11.1 Å². The Balaban J connectivity index is 1.66. The first-order chi connectivity index (χ1) is 12.1. The number of hydrogen-bond acceptors (Lipinski definition) is 4. The second-order valence-electron chi connectivity index (χ2n) is 5.55. The minimum Gasteiger partial charge on any atom is -0.444 e. The Kier molecular flexibility index (Phi) is 5.26. The molecule has 0 aliphatic heterocycles. The van der Waals surface area contributed by atoms with Crippen LogP contribution >= 0.6 is 11.3 Å². The lowest BCUT2D eigenvalue weighted by Gasteiger charge is -2.08. The Morgan fingerprint density at radius 1 is 1.00 bits per heavy atom. The molecule has 3 aromatic rings. The van der Waals surface area contributed by atoms with Crippen molar-refractivity contribution >= 4 is 28.2 Å². The quantitative estimate of drug-likeness (QED) is 0.656. The fourth-order valence-corrected chi connectivity index (χ4v) is 3.07. The summed E-state index contributed by atoms with van der Waals surface area (Å²) in [7, 11) is 0. The summed E-state index contributed by atoms with van der Waals surface area (Å²) in [5.41, 5.74) is 3.04. The number of rotatable bonds is 5. The van der Waals surface area contributed by atoms with Crippen molar-refractivity contribution in [3.63, 3.8) is 0 Å². The number of carbonyl (C=O) groups excluding carboxylic acids is 2. The summed E-state index contributed by atoms with van der Waals surface area (Å²) in [6.07, 6.45) is -0.579.